The highest BCUT2D eigenvalue weighted by Gasteiger charge is 2.28. The molecule has 0 spiro atoms. The Hall–Kier alpha value is -4.16. The number of aryl methyl sites for hydroxylation is 2. The van der Waals surface area contributed by atoms with Gasteiger partial charge < -0.3 is 9.47 Å². The average molecular weight is 561 g/mol. The Bertz CT molecular complexity index is 1490. The Morgan fingerprint density at radius 1 is 1.05 bits per heavy atom. The first-order chi connectivity index (χ1) is 18.0. The number of ether oxygens (including phenoxy) is 2. The predicted molar refractivity (Wildman–Crippen MR) is 144 cm³/mol. The minimum atomic E-state index is -4.25. The molecule has 3 rings (SSSR count). The number of nitrogens with one attached hydrogen (secondary N) is 1. The summed E-state index contributed by atoms with van der Waals surface area (Å²) in [5.74, 6) is -0.209. The number of carbonyl (C=O) groups excluding carboxylic acids is 1. The van der Waals surface area contributed by atoms with Crippen molar-refractivity contribution in [1.82, 2.24) is 5.43 Å². The fourth-order valence-corrected chi connectivity index (χ4v) is 5.18. The van der Waals surface area contributed by atoms with E-state index in [1.165, 1.54) is 50.6 Å². The average Bonchev–Trinajstić information content (AvgIpc) is 2.87. The zero-order chi connectivity index (χ0) is 28.0. The van der Waals surface area contributed by atoms with Gasteiger partial charge in [0.15, 0.2) is 11.5 Å². The monoisotopic (exact) mass is 560 g/mol. The van der Waals surface area contributed by atoms with E-state index in [2.05, 4.69) is 10.5 Å². The summed E-state index contributed by atoms with van der Waals surface area (Å²) in [7, 11) is -1.44. The summed E-state index contributed by atoms with van der Waals surface area (Å²) < 4.78 is 38.9. The third-order valence-electron chi connectivity index (χ3n) is 5.31. The van der Waals surface area contributed by atoms with Gasteiger partial charge in [0.1, 0.15) is 6.54 Å². The van der Waals surface area contributed by atoms with Gasteiger partial charge in [-0.05, 0) is 55.3 Å². The van der Waals surface area contributed by atoms with Crippen molar-refractivity contribution in [3.05, 3.63) is 86.4 Å². The highest BCUT2D eigenvalue weighted by Crippen LogP contribution is 2.32. The first-order valence-corrected chi connectivity index (χ1v) is 12.9. The second-order valence-electron chi connectivity index (χ2n) is 8.13. The number of nitrogens with zero attached hydrogens (tertiary/aromatic N) is 3. The van der Waals surface area contributed by atoms with E-state index in [1.807, 2.05) is 19.9 Å². The zero-order valence-electron chi connectivity index (χ0n) is 21.0. The molecule has 0 aromatic heterocycles. The summed E-state index contributed by atoms with van der Waals surface area (Å²) in [6, 6.07) is 13.0. The normalized spacial score (nSPS) is 11.3. The summed E-state index contributed by atoms with van der Waals surface area (Å²) >= 11 is 6.05. The van der Waals surface area contributed by atoms with Crippen LogP contribution in [0.4, 0.5) is 11.4 Å². The molecule has 0 saturated carbocycles. The molecule has 38 heavy (non-hydrogen) atoms. The van der Waals surface area contributed by atoms with Gasteiger partial charge in [-0.25, -0.2) is 13.8 Å². The zero-order valence-corrected chi connectivity index (χ0v) is 22.5. The fraction of sp³-hybridized carbons (Fsp3) is 0.200. The maximum atomic E-state index is 13.7. The molecule has 1 N–H and O–H groups in total. The SMILES string of the molecule is COc1ccc(S(=O)(=O)N(CC(=O)N/N=C\c2cc([N+](=O)[O-])ccc2Cl)c2cc(C)cc(C)c2)cc1OC. The topological polar surface area (TPSA) is 140 Å². The van der Waals surface area contributed by atoms with Gasteiger partial charge in [0, 0.05) is 28.8 Å². The number of carbonyl (C=O) groups is 1. The molecule has 0 aliphatic rings. The maximum absolute atomic E-state index is 13.7. The Labute approximate surface area is 224 Å². The molecule has 3 aromatic rings. The molecule has 0 unspecified atom stereocenters. The second kappa shape index (κ2) is 11.9. The van der Waals surface area contributed by atoms with E-state index in [9.17, 15) is 23.3 Å². The number of amides is 1. The number of non-ortho nitro benzene ring substituents is 1. The van der Waals surface area contributed by atoms with Crippen molar-refractivity contribution < 1.29 is 27.6 Å². The minimum absolute atomic E-state index is 0.117. The first kappa shape index (κ1) is 28.4. The number of halogens is 1. The summed E-state index contributed by atoms with van der Waals surface area (Å²) in [4.78, 5) is 23.1. The number of methoxy groups -OCH3 is 2. The third kappa shape index (κ3) is 6.58. The van der Waals surface area contributed by atoms with Crippen molar-refractivity contribution in [2.75, 3.05) is 25.1 Å². The number of nitro benzene ring substituents is 1. The molecule has 200 valence electrons. The highest BCUT2D eigenvalue weighted by molar-refractivity contribution is 7.92. The van der Waals surface area contributed by atoms with Gasteiger partial charge in [-0.1, -0.05) is 17.7 Å². The van der Waals surface area contributed by atoms with Crippen LogP contribution in [0.2, 0.25) is 5.02 Å². The minimum Gasteiger partial charge on any atom is -0.493 e. The number of benzene rings is 3. The van der Waals surface area contributed by atoms with Gasteiger partial charge in [0.2, 0.25) is 0 Å². The largest absolute Gasteiger partial charge is 0.493 e. The molecule has 0 aliphatic heterocycles. The Morgan fingerprint density at radius 3 is 2.32 bits per heavy atom. The Balaban J connectivity index is 1.94. The van der Waals surface area contributed by atoms with Gasteiger partial charge >= 0.3 is 0 Å². The van der Waals surface area contributed by atoms with Crippen molar-refractivity contribution in [3.8, 4) is 11.5 Å². The van der Waals surface area contributed by atoms with E-state index in [-0.39, 0.29) is 32.6 Å². The van der Waals surface area contributed by atoms with Gasteiger partial charge in [0.05, 0.1) is 35.9 Å². The summed E-state index contributed by atoms with van der Waals surface area (Å²) in [6.07, 6.45) is 1.14. The quantitative estimate of drug-likeness (QED) is 0.222. The lowest BCUT2D eigenvalue weighted by Gasteiger charge is -2.25. The number of hydrogen-bond donors (Lipinski definition) is 1. The van der Waals surface area contributed by atoms with Crippen molar-refractivity contribution >= 4 is 45.1 Å². The molecule has 11 nitrogen and oxygen atoms in total. The molecule has 1 amide bonds. The number of sulfonamides is 1. The highest BCUT2D eigenvalue weighted by atomic mass is 35.5. The van der Waals surface area contributed by atoms with Gasteiger partial charge in [0.25, 0.3) is 21.6 Å². The van der Waals surface area contributed by atoms with Crippen LogP contribution in [0, 0.1) is 24.0 Å². The van der Waals surface area contributed by atoms with Crippen LogP contribution in [0.3, 0.4) is 0 Å². The molecule has 0 radical (unpaired) electrons. The van der Waals surface area contributed by atoms with Crippen molar-refractivity contribution in [2.24, 2.45) is 5.10 Å². The molecule has 0 fully saturated rings. The van der Waals surface area contributed by atoms with E-state index >= 15 is 0 Å². The number of hydrogen-bond acceptors (Lipinski definition) is 8. The molecular formula is C25H25ClN4O7S. The lowest BCUT2D eigenvalue weighted by atomic mass is 10.1. The Morgan fingerprint density at radius 2 is 1.71 bits per heavy atom. The lowest BCUT2D eigenvalue weighted by Crippen LogP contribution is -2.39. The predicted octanol–water partition coefficient (Wildman–Crippen LogP) is 4.23. The van der Waals surface area contributed by atoms with Crippen LogP contribution in [0.15, 0.2) is 64.6 Å². The molecule has 13 heteroatoms. The van der Waals surface area contributed by atoms with Crippen LogP contribution in [-0.2, 0) is 14.8 Å². The van der Waals surface area contributed by atoms with E-state index in [4.69, 9.17) is 21.1 Å². The molecule has 0 saturated heterocycles. The van der Waals surface area contributed by atoms with Crippen LogP contribution in [-0.4, -0.2) is 46.2 Å². The Kier molecular flexibility index (Phi) is 8.92. The van der Waals surface area contributed by atoms with Crippen molar-refractivity contribution in [2.45, 2.75) is 18.7 Å². The molecule has 0 heterocycles. The molecule has 3 aromatic carbocycles. The van der Waals surface area contributed by atoms with Crippen molar-refractivity contribution in [3.63, 3.8) is 0 Å². The molecular weight excluding hydrogens is 536 g/mol. The summed E-state index contributed by atoms with van der Waals surface area (Å²) in [5, 5.41) is 15.0. The smallest absolute Gasteiger partial charge is 0.270 e. The van der Waals surface area contributed by atoms with Gasteiger partial charge in [-0.15, -0.1) is 0 Å². The maximum Gasteiger partial charge on any atom is 0.270 e. The lowest BCUT2D eigenvalue weighted by molar-refractivity contribution is -0.384. The van der Waals surface area contributed by atoms with Crippen LogP contribution in [0.1, 0.15) is 16.7 Å². The number of rotatable bonds is 10. The van der Waals surface area contributed by atoms with Crippen LogP contribution in [0.5, 0.6) is 11.5 Å². The van der Waals surface area contributed by atoms with Crippen molar-refractivity contribution in [1.29, 1.82) is 0 Å². The van der Waals surface area contributed by atoms with E-state index < -0.39 is 27.4 Å². The summed E-state index contributed by atoms with van der Waals surface area (Å²) in [5.41, 5.74) is 4.12. The standard InChI is InChI=1S/C25H25ClN4O7S/c1-16-9-17(2)11-20(10-16)29(38(34,35)21-6-8-23(36-3)24(13-21)37-4)15-25(31)28-27-14-18-12-19(30(32)33)5-7-22(18)26/h5-14H,15H2,1-4H3,(H,28,31)/b27-14-. The second-order valence-corrected chi connectivity index (χ2v) is 10.4. The van der Waals surface area contributed by atoms with E-state index in [0.29, 0.717) is 5.75 Å². The van der Waals surface area contributed by atoms with Gasteiger partial charge in [-0.3, -0.25) is 19.2 Å². The van der Waals surface area contributed by atoms with E-state index in [1.54, 1.807) is 12.1 Å². The molecule has 0 aliphatic carbocycles. The molecule has 0 atom stereocenters. The third-order valence-corrected chi connectivity index (χ3v) is 7.42. The van der Waals surface area contributed by atoms with Crippen LogP contribution in [0.25, 0.3) is 0 Å². The summed E-state index contributed by atoms with van der Waals surface area (Å²) in [6.45, 7) is 3.01. The number of hydrazone groups is 1. The van der Waals surface area contributed by atoms with E-state index in [0.717, 1.165) is 21.6 Å². The number of anilines is 1. The molecule has 0 bridgehead atoms. The van der Waals surface area contributed by atoms with Gasteiger partial charge in [-0.2, -0.15) is 5.10 Å². The fourth-order valence-electron chi connectivity index (χ4n) is 3.60. The van der Waals surface area contributed by atoms with Crippen LogP contribution < -0.4 is 19.2 Å². The first-order valence-electron chi connectivity index (χ1n) is 11.0. The van der Waals surface area contributed by atoms with Crippen LogP contribution >= 0.6 is 11.6 Å². The number of nitro groups is 1.